The summed E-state index contributed by atoms with van der Waals surface area (Å²) < 4.78 is 11.0. The number of hydrogen-bond acceptors (Lipinski definition) is 5. The van der Waals surface area contributed by atoms with Gasteiger partial charge in [-0.1, -0.05) is 24.3 Å². The molecule has 1 aliphatic heterocycles. The molecule has 0 amide bonds. The summed E-state index contributed by atoms with van der Waals surface area (Å²) in [5.41, 5.74) is 1.07. The molecule has 0 aliphatic carbocycles. The number of benzene rings is 1. The van der Waals surface area contributed by atoms with Crippen molar-refractivity contribution in [3.63, 3.8) is 0 Å². The van der Waals surface area contributed by atoms with Gasteiger partial charge in [0.15, 0.2) is 5.96 Å². The van der Waals surface area contributed by atoms with Gasteiger partial charge in [-0.25, -0.2) is 4.99 Å². The fourth-order valence-electron chi connectivity index (χ4n) is 3.31. The lowest BCUT2D eigenvalue weighted by Crippen LogP contribution is -2.46. The van der Waals surface area contributed by atoms with Gasteiger partial charge in [0.05, 0.1) is 32.9 Å². The Morgan fingerprint density at radius 3 is 2.69 bits per heavy atom. The quantitative estimate of drug-likeness (QED) is 0.311. The van der Waals surface area contributed by atoms with Crippen LogP contribution in [0.25, 0.3) is 0 Å². The van der Waals surface area contributed by atoms with Crippen molar-refractivity contribution in [2.75, 3.05) is 46.5 Å². The Morgan fingerprint density at radius 2 is 2.00 bits per heavy atom. The third kappa shape index (κ3) is 7.13. The second-order valence-corrected chi connectivity index (χ2v) is 7.55. The van der Waals surface area contributed by atoms with Crippen LogP contribution in [0, 0.1) is 0 Å². The monoisotopic (exact) mass is 530 g/mol. The van der Waals surface area contributed by atoms with Crippen molar-refractivity contribution < 1.29 is 9.47 Å². The zero-order chi connectivity index (χ0) is 19.6. The van der Waals surface area contributed by atoms with Crippen molar-refractivity contribution in [2.45, 2.75) is 19.5 Å². The van der Waals surface area contributed by atoms with E-state index < -0.39 is 0 Å². The molecule has 2 N–H and O–H groups in total. The first-order valence-electron chi connectivity index (χ1n) is 9.81. The van der Waals surface area contributed by atoms with Crippen LogP contribution >= 0.6 is 35.3 Å². The van der Waals surface area contributed by atoms with Crippen LogP contribution < -0.4 is 15.4 Å². The van der Waals surface area contributed by atoms with Crippen LogP contribution in [-0.4, -0.2) is 57.4 Å². The highest BCUT2D eigenvalue weighted by atomic mass is 127. The van der Waals surface area contributed by atoms with E-state index in [1.807, 2.05) is 24.3 Å². The number of hydrogen-bond donors (Lipinski definition) is 2. The molecular weight excluding hydrogens is 499 g/mol. The predicted octanol–water partition coefficient (Wildman–Crippen LogP) is 3.50. The average Bonchev–Trinajstić information content (AvgIpc) is 3.27. The van der Waals surface area contributed by atoms with Crippen molar-refractivity contribution in [1.82, 2.24) is 15.5 Å². The lowest BCUT2D eigenvalue weighted by Gasteiger charge is -2.34. The van der Waals surface area contributed by atoms with Crippen molar-refractivity contribution in [3.05, 3.63) is 52.2 Å². The molecule has 1 aromatic carbocycles. The molecule has 2 heterocycles. The van der Waals surface area contributed by atoms with E-state index in [-0.39, 0.29) is 24.0 Å². The van der Waals surface area contributed by atoms with Crippen LogP contribution in [0.1, 0.15) is 23.4 Å². The summed E-state index contributed by atoms with van der Waals surface area (Å²) in [5, 5.41) is 9.03. The van der Waals surface area contributed by atoms with E-state index in [4.69, 9.17) is 14.5 Å². The minimum atomic E-state index is 0. The van der Waals surface area contributed by atoms with Crippen molar-refractivity contribution >= 4 is 41.3 Å². The molecular formula is C21H31IN4O2S. The van der Waals surface area contributed by atoms with E-state index in [0.717, 1.165) is 56.7 Å². The Kier molecular flexibility index (Phi) is 10.8. The summed E-state index contributed by atoms with van der Waals surface area (Å²) >= 11 is 1.81. The Hall–Kier alpha value is -1.36. The minimum absolute atomic E-state index is 0. The first-order chi connectivity index (χ1) is 13.8. The van der Waals surface area contributed by atoms with Crippen molar-refractivity contribution in [3.8, 4) is 5.75 Å². The Bertz CT molecular complexity index is 736. The molecule has 1 aliphatic rings. The summed E-state index contributed by atoms with van der Waals surface area (Å²) in [6.45, 7) is 7.78. The van der Waals surface area contributed by atoms with E-state index >= 15 is 0 Å². The topological polar surface area (TPSA) is 58.1 Å². The number of para-hydroxylation sites is 1. The number of aliphatic imine (C=N–C) groups is 1. The molecule has 1 unspecified atom stereocenters. The number of guanidine groups is 1. The Balaban J connectivity index is 0.00000300. The van der Waals surface area contributed by atoms with Gasteiger partial charge in [-0.05, 0) is 24.4 Å². The maximum atomic E-state index is 5.53. The number of morpholine rings is 1. The molecule has 3 rings (SSSR count). The maximum absolute atomic E-state index is 5.53. The minimum Gasteiger partial charge on any atom is -0.496 e. The highest BCUT2D eigenvalue weighted by Crippen LogP contribution is 2.25. The van der Waals surface area contributed by atoms with E-state index in [1.165, 1.54) is 4.88 Å². The van der Waals surface area contributed by atoms with Crippen LogP contribution in [-0.2, 0) is 11.3 Å². The zero-order valence-corrected chi connectivity index (χ0v) is 20.2. The smallest absolute Gasteiger partial charge is 0.191 e. The van der Waals surface area contributed by atoms with Crippen LogP contribution in [0.15, 0.2) is 46.8 Å². The number of nitrogens with one attached hydrogen (secondary N) is 2. The molecule has 1 saturated heterocycles. The van der Waals surface area contributed by atoms with E-state index in [1.54, 1.807) is 18.4 Å². The van der Waals surface area contributed by atoms with E-state index in [0.29, 0.717) is 12.6 Å². The van der Waals surface area contributed by atoms with Gasteiger partial charge in [-0.15, -0.1) is 35.3 Å². The lowest BCUT2D eigenvalue weighted by atomic mass is 10.2. The van der Waals surface area contributed by atoms with Crippen LogP contribution in [0.5, 0.6) is 5.75 Å². The fraction of sp³-hybridized carbons (Fsp3) is 0.476. The molecule has 0 radical (unpaired) electrons. The molecule has 29 heavy (non-hydrogen) atoms. The largest absolute Gasteiger partial charge is 0.496 e. The number of halogens is 1. The van der Waals surface area contributed by atoms with Crippen LogP contribution in [0.2, 0.25) is 0 Å². The summed E-state index contributed by atoms with van der Waals surface area (Å²) in [5.74, 6) is 1.69. The van der Waals surface area contributed by atoms with Crippen LogP contribution in [0.3, 0.4) is 0 Å². The van der Waals surface area contributed by atoms with E-state index in [9.17, 15) is 0 Å². The third-order valence-corrected chi connectivity index (χ3v) is 5.74. The van der Waals surface area contributed by atoms with Gasteiger partial charge in [-0.3, -0.25) is 4.90 Å². The molecule has 2 aromatic rings. The van der Waals surface area contributed by atoms with Gasteiger partial charge in [-0.2, -0.15) is 0 Å². The molecule has 1 fully saturated rings. The second kappa shape index (κ2) is 13.0. The van der Waals surface area contributed by atoms with Crippen molar-refractivity contribution in [1.29, 1.82) is 0 Å². The zero-order valence-electron chi connectivity index (χ0n) is 17.1. The van der Waals surface area contributed by atoms with Gasteiger partial charge < -0.3 is 20.1 Å². The molecule has 8 heteroatoms. The number of nitrogens with zero attached hydrogens (tertiary/aromatic N) is 2. The summed E-state index contributed by atoms with van der Waals surface area (Å²) in [6.07, 6.45) is 0. The summed E-state index contributed by atoms with van der Waals surface area (Å²) in [4.78, 5) is 8.63. The first-order valence-corrected chi connectivity index (χ1v) is 10.7. The van der Waals surface area contributed by atoms with Crippen molar-refractivity contribution in [2.24, 2.45) is 4.99 Å². The molecule has 1 atom stereocenters. The lowest BCUT2D eigenvalue weighted by molar-refractivity contribution is 0.0177. The number of rotatable bonds is 8. The number of thiophene rings is 1. The third-order valence-electron chi connectivity index (χ3n) is 4.77. The summed E-state index contributed by atoms with van der Waals surface area (Å²) in [6, 6.07) is 12.7. The average molecular weight is 530 g/mol. The maximum Gasteiger partial charge on any atom is 0.191 e. The van der Waals surface area contributed by atoms with Gasteiger partial charge in [0.25, 0.3) is 0 Å². The molecule has 160 valence electrons. The molecule has 1 aromatic heterocycles. The van der Waals surface area contributed by atoms with E-state index in [2.05, 4.69) is 40.0 Å². The second-order valence-electron chi connectivity index (χ2n) is 6.57. The molecule has 0 spiro atoms. The first kappa shape index (κ1) is 23.9. The van der Waals surface area contributed by atoms with Crippen LogP contribution in [0.4, 0.5) is 0 Å². The predicted molar refractivity (Wildman–Crippen MR) is 131 cm³/mol. The Morgan fingerprint density at radius 1 is 1.21 bits per heavy atom. The number of ether oxygens (including phenoxy) is 2. The molecule has 6 nitrogen and oxygen atoms in total. The van der Waals surface area contributed by atoms with Gasteiger partial charge >= 0.3 is 0 Å². The number of methoxy groups -OCH3 is 1. The molecule has 0 saturated carbocycles. The SMILES string of the molecule is CCNC(=NCc1ccccc1OC)NCC(c1cccs1)N1CCOCC1.I. The fourth-order valence-corrected chi connectivity index (χ4v) is 4.17. The molecule has 0 bridgehead atoms. The van der Waals surface area contributed by atoms with Gasteiger partial charge in [0, 0.05) is 36.6 Å². The highest BCUT2D eigenvalue weighted by molar-refractivity contribution is 14.0. The van der Waals surface area contributed by atoms with Gasteiger partial charge in [0.2, 0.25) is 0 Å². The highest BCUT2D eigenvalue weighted by Gasteiger charge is 2.23. The normalized spacial score (nSPS) is 16.0. The Labute approximate surface area is 194 Å². The summed E-state index contributed by atoms with van der Waals surface area (Å²) in [7, 11) is 1.69. The standard InChI is InChI=1S/C21H30N4O2S.HI/c1-3-22-21(23-15-17-7-4-5-8-19(17)26-2)24-16-18(20-9-6-14-28-20)25-10-12-27-13-11-25;/h4-9,14,18H,3,10-13,15-16H2,1-2H3,(H2,22,23,24);1H. The van der Waals surface area contributed by atoms with Gasteiger partial charge in [0.1, 0.15) is 5.75 Å².